The molecule has 2 aromatic rings. The van der Waals surface area contributed by atoms with E-state index in [1.807, 2.05) is 19.1 Å². The summed E-state index contributed by atoms with van der Waals surface area (Å²) in [5, 5.41) is 3.10. The van der Waals surface area contributed by atoms with E-state index >= 15 is 0 Å². The molecule has 0 saturated heterocycles. The molecule has 2 rings (SSSR count). The van der Waals surface area contributed by atoms with Gasteiger partial charge in [0, 0.05) is 18.6 Å². The number of amides is 2. The average molecular weight is 466 g/mol. The predicted octanol–water partition coefficient (Wildman–Crippen LogP) is 2.83. The number of nitrogens with zero attached hydrogens (tertiary/aromatic N) is 2. The van der Waals surface area contributed by atoms with E-state index in [9.17, 15) is 18.0 Å². The van der Waals surface area contributed by atoms with Gasteiger partial charge in [-0.15, -0.1) is 0 Å². The van der Waals surface area contributed by atoms with Gasteiger partial charge in [0.25, 0.3) is 0 Å². The summed E-state index contributed by atoms with van der Waals surface area (Å²) in [7, 11) is -2.25. The van der Waals surface area contributed by atoms with Gasteiger partial charge >= 0.3 is 0 Å². The summed E-state index contributed by atoms with van der Waals surface area (Å²) in [6.07, 6.45) is 1.68. The molecular formula is C22H28ClN3O4S. The van der Waals surface area contributed by atoms with Gasteiger partial charge in [0.15, 0.2) is 0 Å². The zero-order chi connectivity index (χ0) is 23.2. The zero-order valence-electron chi connectivity index (χ0n) is 18.1. The van der Waals surface area contributed by atoms with Crippen LogP contribution in [-0.4, -0.2) is 51.0 Å². The number of likely N-dealkylation sites (N-methyl/N-ethyl adjacent to an activating group) is 1. The lowest BCUT2D eigenvalue weighted by Gasteiger charge is -2.31. The summed E-state index contributed by atoms with van der Waals surface area (Å²) in [5.41, 5.74) is 2.04. The smallest absolute Gasteiger partial charge is 0.244 e. The van der Waals surface area contributed by atoms with Gasteiger partial charge < -0.3 is 10.2 Å². The van der Waals surface area contributed by atoms with Crippen molar-refractivity contribution in [2.24, 2.45) is 0 Å². The van der Waals surface area contributed by atoms with Crippen molar-refractivity contribution < 1.29 is 18.0 Å². The Morgan fingerprint density at radius 2 is 1.71 bits per heavy atom. The van der Waals surface area contributed by atoms with E-state index < -0.39 is 28.5 Å². The second-order valence-electron chi connectivity index (χ2n) is 7.19. The van der Waals surface area contributed by atoms with Crippen LogP contribution in [-0.2, 0) is 32.6 Å². The molecule has 0 heterocycles. The molecule has 0 spiro atoms. The maximum atomic E-state index is 13.3. The van der Waals surface area contributed by atoms with E-state index in [0.29, 0.717) is 17.1 Å². The van der Waals surface area contributed by atoms with Crippen LogP contribution in [0.5, 0.6) is 0 Å². The topological polar surface area (TPSA) is 86.8 Å². The van der Waals surface area contributed by atoms with Crippen LogP contribution < -0.4 is 9.62 Å². The number of benzene rings is 2. The molecule has 0 unspecified atom stereocenters. The maximum absolute atomic E-state index is 13.3. The minimum atomic E-state index is -3.74. The van der Waals surface area contributed by atoms with Crippen LogP contribution in [0, 0.1) is 0 Å². The Bertz CT molecular complexity index is 1030. The van der Waals surface area contributed by atoms with E-state index in [4.69, 9.17) is 11.6 Å². The molecule has 31 heavy (non-hydrogen) atoms. The number of halogens is 1. The number of aryl methyl sites for hydroxylation is 1. The highest BCUT2D eigenvalue weighted by Gasteiger charge is 2.30. The standard InChI is InChI=1S/C22H28ClN3O4S/c1-5-18-8-6-7-9-20(18)26(31(4,29)30)15-21(27)25(16(2)22(28)24-3)14-17-10-12-19(23)13-11-17/h6-13,16H,5,14-15H2,1-4H3,(H,24,28)/t16-/m0/s1. The highest BCUT2D eigenvalue weighted by Crippen LogP contribution is 2.24. The van der Waals surface area contributed by atoms with E-state index in [2.05, 4.69) is 5.32 Å². The first-order chi connectivity index (χ1) is 14.6. The molecule has 0 aliphatic rings. The Kier molecular flexibility index (Phi) is 8.47. The molecule has 0 bridgehead atoms. The van der Waals surface area contributed by atoms with E-state index in [1.54, 1.807) is 43.3 Å². The van der Waals surface area contributed by atoms with Gasteiger partial charge in [0.1, 0.15) is 12.6 Å². The van der Waals surface area contributed by atoms with Crippen LogP contribution in [0.4, 0.5) is 5.69 Å². The van der Waals surface area contributed by atoms with Crippen LogP contribution in [0.25, 0.3) is 0 Å². The highest BCUT2D eigenvalue weighted by molar-refractivity contribution is 7.92. The lowest BCUT2D eigenvalue weighted by Crippen LogP contribution is -2.50. The van der Waals surface area contributed by atoms with Crippen molar-refractivity contribution in [3.63, 3.8) is 0 Å². The Hall–Kier alpha value is -2.58. The Balaban J connectivity index is 2.41. The number of carbonyl (C=O) groups excluding carboxylic acids is 2. The first-order valence-electron chi connectivity index (χ1n) is 9.89. The first-order valence-corrected chi connectivity index (χ1v) is 12.1. The van der Waals surface area contributed by atoms with Crippen molar-refractivity contribution in [1.29, 1.82) is 0 Å². The lowest BCUT2D eigenvalue weighted by molar-refractivity contribution is -0.139. The van der Waals surface area contributed by atoms with Crippen LogP contribution in [0.2, 0.25) is 5.02 Å². The van der Waals surface area contributed by atoms with Crippen molar-refractivity contribution >= 4 is 39.1 Å². The lowest BCUT2D eigenvalue weighted by atomic mass is 10.1. The third kappa shape index (κ3) is 6.45. The normalized spacial score (nSPS) is 12.2. The van der Waals surface area contributed by atoms with E-state index in [1.165, 1.54) is 11.9 Å². The molecule has 1 N–H and O–H groups in total. The zero-order valence-corrected chi connectivity index (χ0v) is 19.7. The number of hydrogen-bond donors (Lipinski definition) is 1. The van der Waals surface area contributed by atoms with Gasteiger partial charge in [0.05, 0.1) is 11.9 Å². The summed E-state index contributed by atoms with van der Waals surface area (Å²) in [4.78, 5) is 27.0. The van der Waals surface area contributed by atoms with Gasteiger partial charge in [-0.1, -0.05) is 48.9 Å². The molecule has 0 aliphatic heterocycles. The van der Waals surface area contributed by atoms with Crippen LogP contribution >= 0.6 is 11.6 Å². The van der Waals surface area contributed by atoms with Crippen molar-refractivity contribution in [2.45, 2.75) is 32.9 Å². The van der Waals surface area contributed by atoms with Crippen molar-refractivity contribution in [3.8, 4) is 0 Å². The molecule has 9 heteroatoms. The number of nitrogens with one attached hydrogen (secondary N) is 1. The number of anilines is 1. The summed E-state index contributed by atoms with van der Waals surface area (Å²) in [6.45, 7) is 3.25. The fraction of sp³-hybridized carbons (Fsp3) is 0.364. The van der Waals surface area contributed by atoms with Gasteiger partial charge in [0.2, 0.25) is 21.8 Å². The van der Waals surface area contributed by atoms with Gasteiger partial charge in [-0.25, -0.2) is 8.42 Å². The Labute approximate surface area is 189 Å². The average Bonchev–Trinajstić information content (AvgIpc) is 2.75. The molecule has 1 atom stereocenters. The Morgan fingerprint density at radius 1 is 1.10 bits per heavy atom. The summed E-state index contributed by atoms with van der Waals surface area (Å²) in [6, 6.07) is 13.2. The fourth-order valence-corrected chi connectivity index (χ4v) is 4.23. The van der Waals surface area contributed by atoms with Gasteiger partial charge in [-0.05, 0) is 42.7 Å². The Morgan fingerprint density at radius 3 is 2.26 bits per heavy atom. The monoisotopic (exact) mass is 465 g/mol. The summed E-state index contributed by atoms with van der Waals surface area (Å²) >= 11 is 5.94. The first kappa shape index (κ1) is 24.7. The third-order valence-electron chi connectivity index (χ3n) is 5.00. The summed E-state index contributed by atoms with van der Waals surface area (Å²) in [5.74, 6) is -0.829. The number of sulfonamides is 1. The van der Waals surface area contributed by atoms with Crippen LogP contribution in [0.1, 0.15) is 25.0 Å². The molecule has 0 saturated carbocycles. The van der Waals surface area contributed by atoms with Gasteiger partial charge in [-0.3, -0.25) is 13.9 Å². The molecule has 0 aromatic heterocycles. The fourth-order valence-electron chi connectivity index (χ4n) is 3.23. The minimum absolute atomic E-state index is 0.137. The van der Waals surface area contributed by atoms with E-state index in [-0.39, 0.29) is 12.5 Å². The number of carbonyl (C=O) groups is 2. The molecular weight excluding hydrogens is 438 g/mol. The third-order valence-corrected chi connectivity index (χ3v) is 6.38. The van der Waals surface area contributed by atoms with Crippen molar-refractivity contribution in [1.82, 2.24) is 10.2 Å². The molecule has 168 valence electrons. The molecule has 0 aliphatic carbocycles. The van der Waals surface area contributed by atoms with Crippen molar-refractivity contribution in [3.05, 3.63) is 64.7 Å². The molecule has 2 aromatic carbocycles. The molecule has 7 nitrogen and oxygen atoms in total. The van der Waals surface area contributed by atoms with E-state index in [0.717, 1.165) is 21.7 Å². The van der Waals surface area contributed by atoms with Gasteiger partial charge in [-0.2, -0.15) is 0 Å². The number of para-hydroxylation sites is 1. The second kappa shape index (κ2) is 10.6. The summed E-state index contributed by atoms with van der Waals surface area (Å²) < 4.78 is 26.2. The minimum Gasteiger partial charge on any atom is -0.357 e. The maximum Gasteiger partial charge on any atom is 0.244 e. The number of rotatable bonds is 9. The second-order valence-corrected chi connectivity index (χ2v) is 9.53. The SMILES string of the molecule is CCc1ccccc1N(CC(=O)N(Cc1ccc(Cl)cc1)[C@@H](C)C(=O)NC)S(C)(=O)=O. The molecule has 2 amide bonds. The van der Waals surface area contributed by atoms with Crippen LogP contribution in [0.15, 0.2) is 48.5 Å². The largest absolute Gasteiger partial charge is 0.357 e. The van der Waals surface area contributed by atoms with Crippen molar-refractivity contribution in [2.75, 3.05) is 24.2 Å². The highest BCUT2D eigenvalue weighted by atomic mass is 35.5. The predicted molar refractivity (Wildman–Crippen MR) is 124 cm³/mol. The quantitative estimate of drug-likeness (QED) is 0.617. The number of hydrogen-bond acceptors (Lipinski definition) is 4. The van der Waals surface area contributed by atoms with Crippen LogP contribution in [0.3, 0.4) is 0 Å². The molecule has 0 radical (unpaired) electrons. The molecule has 0 fully saturated rings.